The standard InChI is InChI=1S/C21H25F11O3/c1-8(2)17(11-4-9-3-10(6-11)7-12(17)5-9)35-16(34)14(33)13(19(25,26)27)15(22)18(23,24)20(28,29)21(30,31)32/h8-15,33H,3-7H2,1-2H3. The second-order valence-electron chi connectivity index (χ2n) is 10.3. The van der Waals surface area contributed by atoms with Crippen molar-refractivity contribution < 1.29 is 62.9 Å². The Hall–Kier alpha value is -1.34. The van der Waals surface area contributed by atoms with Crippen LogP contribution in [0.5, 0.6) is 0 Å². The monoisotopic (exact) mass is 534 g/mol. The lowest BCUT2D eigenvalue weighted by atomic mass is 9.47. The van der Waals surface area contributed by atoms with Gasteiger partial charge in [0.25, 0.3) is 0 Å². The molecule has 204 valence electrons. The quantitative estimate of drug-likeness (QED) is 0.318. The molecule has 1 N–H and O–H groups in total. The predicted molar refractivity (Wildman–Crippen MR) is 97.1 cm³/mol. The number of aliphatic hydroxyl groups excluding tert-OH is 1. The summed E-state index contributed by atoms with van der Waals surface area (Å²) in [5, 5.41) is 9.97. The lowest BCUT2D eigenvalue weighted by molar-refractivity contribution is -0.377. The number of carbonyl (C=O) groups is 1. The van der Waals surface area contributed by atoms with Crippen molar-refractivity contribution in [2.75, 3.05) is 0 Å². The second kappa shape index (κ2) is 8.61. The first-order valence-corrected chi connectivity index (χ1v) is 11.1. The molecule has 0 saturated heterocycles. The molecular formula is C21H25F11O3. The Morgan fingerprint density at radius 1 is 0.857 bits per heavy atom. The van der Waals surface area contributed by atoms with Crippen molar-refractivity contribution in [2.24, 2.45) is 35.5 Å². The normalized spacial score (nSPS) is 34.1. The smallest absolute Gasteiger partial charge is 0.456 e. The van der Waals surface area contributed by atoms with Crippen molar-refractivity contribution in [3.05, 3.63) is 0 Å². The lowest BCUT2D eigenvalue weighted by Gasteiger charge is -2.62. The zero-order chi connectivity index (χ0) is 26.9. The summed E-state index contributed by atoms with van der Waals surface area (Å²) in [6.07, 6.45) is -19.4. The van der Waals surface area contributed by atoms with E-state index in [2.05, 4.69) is 0 Å². The molecule has 0 spiro atoms. The molecule has 0 amide bonds. The van der Waals surface area contributed by atoms with Gasteiger partial charge in [-0.1, -0.05) is 13.8 Å². The molecule has 0 aromatic rings. The minimum absolute atomic E-state index is 0.287. The molecule has 0 aromatic carbocycles. The van der Waals surface area contributed by atoms with E-state index in [1.54, 1.807) is 13.8 Å². The van der Waals surface area contributed by atoms with E-state index in [0.29, 0.717) is 25.7 Å². The van der Waals surface area contributed by atoms with Crippen molar-refractivity contribution >= 4 is 5.97 Å². The van der Waals surface area contributed by atoms with Crippen LogP contribution in [0, 0.1) is 35.5 Å². The highest BCUT2D eigenvalue weighted by atomic mass is 19.4. The average molecular weight is 534 g/mol. The Morgan fingerprint density at radius 3 is 1.63 bits per heavy atom. The summed E-state index contributed by atoms with van der Waals surface area (Å²) in [6, 6.07) is 0. The highest BCUT2D eigenvalue weighted by Gasteiger charge is 2.79. The van der Waals surface area contributed by atoms with Crippen LogP contribution >= 0.6 is 0 Å². The third-order valence-electron chi connectivity index (χ3n) is 7.99. The summed E-state index contributed by atoms with van der Waals surface area (Å²) in [7, 11) is 0. The zero-order valence-corrected chi connectivity index (χ0v) is 18.6. The van der Waals surface area contributed by atoms with Gasteiger partial charge >= 0.3 is 30.2 Å². The maximum Gasteiger partial charge on any atom is 0.459 e. The Bertz CT molecular complexity index is 777. The first kappa shape index (κ1) is 28.2. The molecule has 3 unspecified atom stereocenters. The fourth-order valence-corrected chi connectivity index (χ4v) is 6.62. The molecule has 4 fully saturated rings. The van der Waals surface area contributed by atoms with Gasteiger partial charge in [-0.2, -0.15) is 43.9 Å². The topological polar surface area (TPSA) is 46.5 Å². The summed E-state index contributed by atoms with van der Waals surface area (Å²) in [6.45, 7) is 3.19. The van der Waals surface area contributed by atoms with Crippen LogP contribution in [-0.2, 0) is 9.53 Å². The van der Waals surface area contributed by atoms with E-state index in [9.17, 15) is 58.2 Å². The highest BCUT2D eigenvalue weighted by Crippen LogP contribution is 2.62. The third kappa shape index (κ3) is 4.39. The minimum Gasteiger partial charge on any atom is -0.456 e. The molecule has 4 bridgehead atoms. The van der Waals surface area contributed by atoms with E-state index >= 15 is 0 Å². The summed E-state index contributed by atoms with van der Waals surface area (Å²) < 4.78 is 151. The molecule has 3 nitrogen and oxygen atoms in total. The Kier molecular flexibility index (Phi) is 6.95. The minimum atomic E-state index is -7.22. The van der Waals surface area contributed by atoms with Gasteiger partial charge in [-0.3, -0.25) is 0 Å². The van der Waals surface area contributed by atoms with Crippen LogP contribution in [0.3, 0.4) is 0 Å². The lowest BCUT2D eigenvalue weighted by Crippen LogP contribution is -2.64. The molecule has 3 atom stereocenters. The third-order valence-corrected chi connectivity index (χ3v) is 7.99. The number of alkyl halides is 11. The number of hydrogen-bond donors (Lipinski definition) is 1. The fraction of sp³-hybridized carbons (Fsp3) is 0.952. The Morgan fingerprint density at radius 2 is 1.29 bits per heavy atom. The van der Waals surface area contributed by atoms with E-state index in [0.717, 1.165) is 6.42 Å². The van der Waals surface area contributed by atoms with Crippen molar-refractivity contribution in [3.63, 3.8) is 0 Å². The van der Waals surface area contributed by atoms with E-state index in [4.69, 9.17) is 4.74 Å². The number of aliphatic hydroxyl groups is 1. The molecule has 0 heterocycles. The number of halogens is 11. The maximum absolute atomic E-state index is 14.3. The van der Waals surface area contributed by atoms with Crippen molar-refractivity contribution in [1.82, 2.24) is 0 Å². The first-order valence-electron chi connectivity index (χ1n) is 11.1. The van der Waals surface area contributed by atoms with Gasteiger partial charge in [0, 0.05) is 0 Å². The van der Waals surface area contributed by atoms with Crippen LogP contribution in [0.25, 0.3) is 0 Å². The van der Waals surface area contributed by atoms with Crippen LogP contribution in [-0.4, -0.2) is 53.2 Å². The van der Waals surface area contributed by atoms with Gasteiger partial charge in [-0.25, -0.2) is 9.18 Å². The average Bonchev–Trinajstić information content (AvgIpc) is 2.67. The molecule has 14 heteroatoms. The fourth-order valence-electron chi connectivity index (χ4n) is 6.62. The van der Waals surface area contributed by atoms with Crippen LogP contribution in [0.4, 0.5) is 48.3 Å². The number of carbonyl (C=O) groups excluding carboxylic acids is 1. The largest absolute Gasteiger partial charge is 0.459 e. The van der Waals surface area contributed by atoms with E-state index in [1.807, 2.05) is 0 Å². The summed E-state index contributed by atoms with van der Waals surface area (Å²) in [5.41, 5.74) is -1.41. The van der Waals surface area contributed by atoms with E-state index in [-0.39, 0.29) is 23.7 Å². The van der Waals surface area contributed by atoms with Crippen LogP contribution in [0.1, 0.15) is 46.0 Å². The van der Waals surface area contributed by atoms with Crippen molar-refractivity contribution in [2.45, 2.75) is 88.0 Å². The van der Waals surface area contributed by atoms with Gasteiger partial charge in [0.05, 0.1) is 0 Å². The molecule has 35 heavy (non-hydrogen) atoms. The highest BCUT2D eigenvalue weighted by molar-refractivity contribution is 5.75. The SMILES string of the molecule is CC(C)C1(OC(=O)C(O)C(C(F)C(F)(F)C(F)(F)C(F)(F)F)C(F)(F)F)C2CC3CC(C2)CC1C3. The van der Waals surface area contributed by atoms with Gasteiger partial charge in [-0.15, -0.1) is 0 Å². The molecule has 0 aromatic heterocycles. The number of esters is 1. The molecule has 4 rings (SSSR count). The number of hydrogen-bond acceptors (Lipinski definition) is 3. The molecule has 4 saturated carbocycles. The summed E-state index contributed by atoms with van der Waals surface area (Å²) >= 11 is 0. The van der Waals surface area contributed by atoms with Gasteiger partial charge in [0.1, 0.15) is 11.5 Å². The Balaban J connectivity index is 1.92. The molecular weight excluding hydrogens is 509 g/mol. The molecule has 0 radical (unpaired) electrons. The van der Waals surface area contributed by atoms with Crippen LogP contribution < -0.4 is 0 Å². The summed E-state index contributed by atoms with van der Waals surface area (Å²) in [4.78, 5) is 12.6. The van der Waals surface area contributed by atoms with Gasteiger partial charge in [0.15, 0.2) is 12.3 Å². The van der Waals surface area contributed by atoms with Crippen LogP contribution in [0.15, 0.2) is 0 Å². The zero-order valence-electron chi connectivity index (χ0n) is 18.6. The van der Waals surface area contributed by atoms with E-state index < -0.39 is 59.9 Å². The second-order valence-corrected chi connectivity index (χ2v) is 10.3. The van der Waals surface area contributed by atoms with Crippen LogP contribution in [0.2, 0.25) is 0 Å². The first-order chi connectivity index (χ1) is 15.7. The predicted octanol–water partition coefficient (Wildman–Crippen LogP) is 6.09. The number of ether oxygens (including phenoxy) is 1. The molecule has 0 aliphatic heterocycles. The van der Waals surface area contributed by atoms with Gasteiger partial charge < -0.3 is 9.84 Å². The summed E-state index contributed by atoms with van der Waals surface area (Å²) in [5.74, 6) is -21.6. The van der Waals surface area contributed by atoms with E-state index in [1.165, 1.54) is 0 Å². The number of rotatable bonds is 7. The molecule has 4 aliphatic carbocycles. The van der Waals surface area contributed by atoms with Gasteiger partial charge in [0.2, 0.25) is 0 Å². The van der Waals surface area contributed by atoms with Gasteiger partial charge in [-0.05, 0) is 61.7 Å². The Labute approximate surface area is 193 Å². The van der Waals surface area contributed by atoms with Crippen molar-refractivity contribution in [3.8, 4) is 0 Å². The maximum atomic E-state index is 14.3. The van der Waals surface area contributed by atoms with Crippen molar-refractivity contribution in [1.29, 1.82) is 0 Å². The molecule has 4 aliphatic rings.